The zero-order chi connectivity index (χ0) is 12.7. The molecular formula is C12H24N2O3. The quantitative estimate of drug-likeness (QED) is 0.679. The highest BCUT2D eigenvalue weighted by molar-refractivity contribution is 5.75. The number of ether oxygens (including phenoxy) is 2. The fourth-order valence-electron chi connectivity index (χ4n) is 2.06. The van der Waals surface area contributed by atoms with Crippen molar-refractivity contribution >= 4 is 5.97 Å². The Morgan fingerprint density at radius 2 is 2.41 bits per heavy atom. The predicted molar refractivity (Wildman–Crippen MR) is 66.0 cm³/mol. The van der Waals surface area contributed by atoms with E-state index >= 15 is 0 Å². The molecule has 0 bridgehead atoms. The average molecular weight is 244 g/mol. The Morgan fingerprint density at radius 3 is 3.00 bits per heavy atom. The first kappa shape index (κ1) is 14.4. The van der Waals surface area contributed by atoms with Gasteiger partial charge in [-0.3, -0.25) is 9.69 Å². The summed E-state index contributed by atoms with van der Waals surface area (Å²) in [5.74, 6) is -0.187. The van der Waals surface area contributed by atoms with Crippen LogP contribution in [-0.2, 0) is 14.3 Å². The molecule has 1 N–H and O–H groups in total. The molecule has 17 heavy (non-hydrogen) atoms. The minimum atomic E-state index is -0.206. The van der Waals surface area contributed by atoms with Crippen LogP contribution >= 0.6 is 0 Å². The van der Waals surface area contributed by atoms with Gasteiger partial charge in [0.25, 0.3) is 0 Å². The summed E-state index contributed by atoms with van der Waals surface area (Å²) in [7, 11) is 3.21. The summed E-state index contributed by atoms with van der Waals surface area (Å²) in [6, 6.07) is -0.206. The molecule has 0 aromatic heterocycles. The number of carbonyl (C=O) groups is 1. The van der Waals surface area contributed by atoms with Gasteiger partial charge in [-0.15, -0.1) is 0 Å². The third-order valence-corrected chi connectivity index (χ3v) is 3.25. The molecule has 0 aromatic rings. The maximum Gasteiger partial charge on any atom is 0.322 e. The Morgan fingerprint density at radius 1 is 1.65 bits per heavy atom. The highest BCUT2D eigenvalue weighted by Crippen LogP contribution is 2.09. The molecule has 100 valence electrons. The second-order valence-electron chi connectivity index (χ2n) is 4.35. The van der Waals surface area contributed by atoms with Crippen molar-refractivity contribution in [3.63, 3.8) is 0 Å². The van der Waals surface area contributed by atoms with E-state index in [1.54, 1.807) is 7.05 Å². The Hall–Kier alpha value is -0.650. The molecule has 0 spiro atoms. The van der Waals surface area contributed by atoms with Crippen molar-refractivity contribution in [2.45, 2.75) is 31.9 Å². The van der Waals surface area contributed by atoms with Crippen LogP contribution in [0, 0.1) is 0 Å². The number of esters is 1. The van der Waals surface area contributed by atoms with Crippen LogP contribution in [0.15, 0.2) is 0 Å². The van der Waals surface area contributed by atoms with Gasteiger partial charge in [-0.05, 0) is 19.9 Å². The van der Waals surface area contributed by atoms with Crippen LogP contribution in [0.5, 0.6) is 0 Å². The molecule has 5 heteroatoms. The first-order valence-electron chi connectivity index (χ1n) is 6.30. The van der Waals surface area contributed by atoms with Crippen molar-refractivity contribution in [1.29, 1.82) is 0 Å². The monoisotopic (exact) mass is 244 g/mol. The molecule has 2 unspecified atom stereocenters. The van der Waals surface area contributed by atoms with Gasteiger partial charge < -0.3 is 14.8 Å². The summed E-state index contributed by atoms with van der Waals surface area (Å²) < 4.78 is 10.4. The van der Waals surface area contributed by atoms with Gasteiger partial charge in [-0.1, -0.05) is 6.92 Å². The Bertz CT molecular complexity index is 236. The number of carbonyl (C=O) groups excluding carboxylic acids is 1. The van der Waals surface area contributed by atoms with Gasteiger partial charge in [0.05, 0.1) is 19.8 Å². The highest BCUT2D eigenvalue weighted by atomic mass is 16.5. The molecule has 1 aliphatic rings. The third kappa shape index (κ3) is 4.61. The smallest absolute Gasteiger partial charge is 0.322 e. The minimum absolute atomic E-state index is 0.187. The molecule has 0 radical (unpaired) electrons. The number of hydrogen-bond donors (Lipinski definition) is 1. The largest absolute Gasteiger partial charge is 0.468 e. The normalized spacial score (nSPS) is 23.4. The van der Waals surface area contributed by atoms with Crippen LogP contribution in [0.1, 0.15) is 19.8 Å². The number of methoxy groups -OCH3 is 1. The average Bonchev–Trinajstić information content (AvgIpc) is 2.39. The Kier molecular flexibility index (Phi) is 6.47. The van der Waals surface area contributed by atoms with E-state index in [1.807, 2.05) is 0 Å². The van der Waals surface area contributed by atoms with Crippen molar-refractivity contribution < 1.29 is 14.3 Å². The second kappa shape index (κ2) is 7.63. The second-order valence-corrected chi connectivity index (χ2v) is 4.35. The van der Waals surface area contributed by atoms with Gasteiger partial charge >= 0.3 is 5.97 Å². The van der Waals surface area contributed by atoms with Crippen molar-refractivity contribution in [2.24, 2.45) is 0 Å². The Balaban J connectivity index is 2.30. The lowest BCUT2D eigenvalue weighted by atomic mass is 10.1. The van der Waals surface area contributed by atoms with Crippen LogP contribution in [0.3, 0.4) is 0 Å². The number of nitrogens with one attached hydrogen (secondary N) is 1. The topological polar surface area (TPSA) is 50.8 Å². The van der Waals surface area contributed by atoms with Gasteiger partial charge in [0.1, 0.15) is 6.04 Å². The molecule has 0 amide bonds. The van der Waals surface area contributed by atoms with E-state index in [1.165, 1.54) is 7.11 Å². The molecule has 0 aromatic carbocycles. The van der Waals surface area contributed by atoms with Gasteiger partial charge in [-0.2, -0.15) is 0 Å². The molecule has 1 aliphatic heterocycles. The first-order chi connectivity index (χ1) is 8.21. The molecule has 1 fully saturated rings. The lowest BCUT2D eigenvalue weighted by Gasteiger charge is -2.33. The summed E-state index contributed by atoms with van der Waals surface area (Å²) in [6.45, 7) is 5.75. The molecule has 5 nitrogen and oxygen atoms in total. The van der Waals surface area contributed by atoms with Gasteiger partial charge in [0, 0.05) is 19.6 Å². The lowest BCUT2D eigenvalue weighted by molar-refractivity contribution is -0.143. The predicted octanol–water partition coefficient (Wildman–Crippen LogP) is 0.248. The molecule has 2 atom stereocenters. The standard InChI is InChI=1S/C12H24N2O3/c1-4-10-9-14(7-8-17-10)6-5-11(13-2)12(15)16-3/h10-11,13H,4-9H2,1-3H3. The van der Waals surface area contributed by atoms with E-state index in [0.717, 1.165) is 39.1 Å². The highest BCUT2D eigenvalue weighted by Gasteiger charge is 2.22. The van der Waals surface area contributed by atoms with E-state index in [4.69, 9.17) is 9.47 Å². The molecule has 0 saturated carbocycles. The summed E-state index contributed by atoms with van der Waals surface area (Å²) in [6.07, 6.45) is 2.16. The van der Waals surface area contributed by atoms with E-state index < -0.39 is 0 Å². The Labute approximate surface area is 103 Å². The minimum Gasteiger partial charge on any atom is -0.468 e. The van der Waals surface area contributed by atoms with Gasteiger partial charge in [-0.25, -0.2) is 0 Å². The number of morpholine rings is 1. The molecule has 1 saturated heterocycles. The fourth-order valence-corrected chi connectivity index (χ4v) is 2.06. The molecule has 1 heterocycles. The van der Waals surface area contributed by atoms with Crippen molar-refractivity contribution in [3.8, 4) is 0 Å². The summed E-state index contributed by atoms with van der Waals surface area (Å²) in [5.41, 5.74) is 0. The summed E-state index contributed by atoms with van der Waals surface area (Å²) in [4.78, 5) is 13.8. The molecule has 1 rings (SSSR count). The van der Waals surface area contributed by atoms with Crippen LogP contribution in [0.4, 0.5) is 0 Å². The van der Waals surface area contributed by atoms with E-state index in [-0.39, 0.29) is 12.0 Å². The van der Waals surface area contributed by atoms with Gasteiger partial charge in [0.2, 0.25) is 0 Å². The van der Waals surface area contributed by atoms with Crippen LogP contribution < -0.4 is 5.32 Å². The summed E-state index contributed by atoms with van der Waals surface area (Å²) in [5, 5.41) is 2.99. The van der Waals surface area contributed by atoms with E-state index in [9.17, 15) is 4.79 Å². The van der Waals surface area contributed by atoms with Crippen LogP contribution in [0.2, 0.25) is 0 Å². The summed E-state index contributed by atoms with van der Waals surface area (Å²) >= 11 is 0. The fraction of sp³-hybridized carbons (Fsp3) is 0.917. The number of hydrogen-bond acceptors (Lipinski definition) is 5. The lowest BCUT2D eigenvalue weighted by Crippen LogP contribution is -2.45. The van der Waals surface area contributed by atoms with E-state index in [0.29, 0.717) is 6.10 Å². The molecule has 0 aliphatic carbocycles. The maximum atomic E-state index is 11.4. The molecular weight excluding hydrogens is 220 g/mol. The van der Waals surface area contributed by atoms with Crippen molar-refractivity contribution in [2.75, 3.05) is 40.4 Å². The maximum absolute atomic E-state index is 11.4. The first-order valence-corrected chi connectivity index (χ1v) is 6.30. The van der Waals surface area contributed by atoms with Gasteiger partial charge in [0.15, 0.2) is 0 Å². The van der Waals surface area contributed by atoms with Crippen LogP contribution in [0.25, 0.3) is 0 Å². The third-order valence-electron chi connectivity index (χ3n) is 3.25. The zero-order valence-electron chi connectivity index (χ0n) is 11.1. The SMILES string of the molecule is CCC1CN(CCC(NC)C(=O)OC)CCO1. The van der Waals surface area contributed by atoms with Crippen molar-refractivity contribution in [3.05, 3.63) is 0 Å². The van der Waals surface area contributed by atoms with Crippen molar-refractivity contribution in [1.82, 2.24) is 10.2 Å². The van der Waals surface area contributed by atoms with Crippen LogP contribution in [-0.4, -0.2) is 63.4 Å². The number of likely N-dealkylation sites (N-methyl/N-ethyl adjacent to an activating group) is 1. The zero-order valence-corrected chi connectivity index (χ0v) is 11.1. The number of rotatable bonds is 6. The number of nitrogens with zero attached hydrogens (tertiary/aromatic N) is 1. The van der Waals surface area contributed by atoms with E-state index in [2.05, 4.69) is 17.1 Å².